The van der Waals surface area contributed by atoms with Crippen molar-refractivity contribution in [3.05, 3.63) is 53.9 Å². The number of ether oxygens (including phenoxy) is 2. The first kappa shape index (κ1) is 21.1. The van der Waals surface area contributed by atoms with Gasteiger partial charge >= 0.3 is 0 Å². The summed E-state index contributed by atoms with van der Waals surface area (Å²) in [6.07, 6.45) is 8.40. The number of fused-ring (bicyclic) bond motifs is 1. The average molecular weight is 435 g/mol. The molecule has 1 aliphatic heterocycles. The van der Waals surface area contributed by atoms with Crippen LogP contribution in [-0.2, 0) is 9.47 Å². The highest BCUT2D eigenvalue weighted by Crippen LogP contribution is 2.31. The van der Waals surface area contributed by atoms with Crippen LogP contribution in [0.3, 0.4) is 0 Å². The molecule has 0 spiro atoms. The zero-order chi connectivity index (χ0) is 22.1. The zero-order valence-electron chi connectivity index (χ0n) is 18.7. The molecule has 0 radical (unpaired) electrons. The number of anilines is 1. The number of hydrogen-bond acceptors (Lipinski definition) is 6. The lowest BCUT2D eigenvalue weighted by molar-refractivity contribution is -0.0441. The Labute approximate surface area is 188 Å². The van der Waals surface area contributed by atoms with Crippen molar-refractivity contribution in [3.63, 3.8) is 0 Å². The van der Waals surface area contributed by atoms with Gasteiger partial charge in [0.2, 0.25) is 0 Å². The Morgan fingerprint density at radius 3 is 2.62 bits per heavy atom. The third-order valence-electron chi connectivity index (χ3n) is 5.90. The maximum absolute atomic E-state index is 10.2. The van der Waals surface area contributed by atoms with Gasteiger partial charge in [-0.25, -0.2) is 9.50 Å². The summed E-state index contributed by atoms with van der Waals surface area (Å²) in [5.41, 5.74) is 5.97. The quantitative estimate of drug-likeness (QED) is 0.591. The molecule has 0 amide bonds. The maximum Gasteiger partial charge on any atom is 0.184 e. The van der Waals surface area contributed by atoms with Gasteiger partial charge in [0.1, 0.15) is 0 Å². The molecule has 3 aromatic rings. The van der Waals surface area contributed by atoms with Crippen LogP contribution in [0.4, 0.5) is 5.69 Å². The van der Waals surface area contributed by atoms with Crippen molar-refractivity contribution in [3.8, 4) is 11.3 Å². The van der Waals surface area contributed by atoms with Crippen LogP contribution in [-0.4, -0.2) is 45.1 Å². The molecular weight excluding hydrogens is 404 g/mol. The largest absolute Gasteiger partial charge is 0.389 e. The second-order valence-corrected chi connectivity index (χ2v) is 9.16. The fourth-order valence-corrected chi connectivity index (χ4v) is 4.20. The van der Waals surface area contributed by atoms with E-state index in [0.29, 0.717) is 19.8 Å². The molecule has 5 rings (SSSR count). The van der Waals surface area contributed by atoms with E-state index in [-0.39, 0.29) is 6.29 Å². The van der Waals surface area contributed by atoms with Crippen molar-refractivity contribution in [2.24, 2.45) is 0 Å². The van der Waals surface area contributed by atoms with E-state index in [0.717, 1.165) is 46.7 Å². The van der Waals surface area contributed by atoms with Gasteiger partial charge in [0.05, 0.1) is 42.1 Å². The number of allylic oxidation sites excluding steroid dienone is 2. The maximum atomic E-state index is 10.2. The van der Waals surface area contributed by atoms with E-state index in [1.54, 1.807) is 13.8 Å². The van der Waals surface area contributed by atoms with Gasteiger partial charge in [-0.15, -0.1) is 0 Å². The van der Waals surface area contributed by atoms with Gasteiger partial charge < -0.3 is 19.9 Å². The first-order chi connectivity index (χ1) is 15.5. The minimum atomic E-state index is -0.833. The molecule has 2 N–H and O–H groups in total. The molecule has 2 aromatic heterocycles. The molecule has 168 valence electrons. The van der Waals surface area contributed by atoms with Gasteiger partial charge in [-0.1, -0.05) is 30.3 Å². The smallest absolute Gasteiger partial charge is 0.184 e. The van der Waals surface area contributed by atoms with E-state index in [2.05, 4.69) is 34.6 Å². The number of aromatic nitrogens is 3. The minimum absolute atomic E-state index is 0.285. The lowest BCUT2D eigenvalue weighted by atomic mass is 9.97. The summed E-state index contributed by atoms with van der Waals surface area (Å²) in [6, 6.07) is 10.2. The molecule has 0 bridgehead atoms. The van der Waals surface area contributed by atoms with E-state index >= 15 is 0 Å². The molecule has 0 atom stereocenters. The van der Waals surface area contributed by atoms with Crippen molar-refractivity contribution in [1.82, 2.24) is 14.6 Å². The lowest BCUT2D eigenvalue weighted by Gasteiger charge is -2.20. The van der Waals surface area contributed by atoms with Crippen LogP contribution in [0.15, 0.2) is 42.6 Å². The molecule has 1 aliphatic carbocycles. The van der Waals surface area contributed by atoms with Crippen molar-refractivity contribution in [2.75, 3.05) is 25.1 Å². The van der Waals surface area contributed by atoms with Crippen LogP contribution in [0.1, 0.15) is 57.1 Å². The second-order valence-electron chi connectivity index (χ2n) is 9.16. The molecule has 2 aliphatic rings. The topological polar surface area (TPSA) is 80.9 Å². The predicted molar refractivity (Wildman–Crippen MR) is 124 cm³/mol. The molecule has 3 heterocycles. The third-order valence-corrected chi connectivity index (χ3v) is 5.90. The molecule has 0 saturated carbocycles. The summed E-state index contributed by atoms with van der Waals surface area (Å²) in [5, 5.41) is 18.6. The molecule has 1 saturated heterocycles. The van der Waals surface area contributed by atoms with Gasteiger partial charge in [0, 0.05) is 17.7 Å². The molecule has 0 unspecified atom stereocenters. The Hall–Kier alpha value is -2.74. The first-order valence-electron chi connectivity index (χ1n) is 11.4. The number of hydrogen-bond donors (Lipinski definition) is 2. The van der Waals surface area contributed by atoms with E-state index in [1.807, 2.05) is 22.8 Å². The van der Waals surface area contributed by atoms with E-state index < -0.39 is 5.60 Å². The van der Waals surface area contributed by atoms with Crippen LogP contribution in [0.2, 0.25) is 0 Å². The summed E-state index contributed by atoms with van der Waals surface area (Å²) < 4.78 is 13.1. The molecule has 32 heavy (non-hydrogen) atoms. The van der Waals surface area contributed by atoms with Crippen LogP contribution >= 0.6 is 0 Å². The Kier molecular flexibility index (Phi) is 5.71. The van der Waals surface area contributed by atoms with Crippen LogP contribution in [0.25, 0.3) is 22.5 Å². The van der Waals surface area contributed by atoms with E-state index in [9.17, 15) is 5.11 Å². The first-order valence-corrected chi connectivity index (χ1v) is 11.4. The number of benzene rings is 1. The summed E-state index contributed by atoms with van der Waals surface area (Å²) in [5.74, 6) is 0. The normalized spacial score (nSPS) is 17.7. The fraction of sp³-hybridized carbons (Fsp3) is 0.440. The number of nitrogens with zero attached hydrogens (tertiary/aromatic N) is 3. The Bertz CT molecular complexity index is 1120. The van der Waals surface area contributed by atoms with Crippen LogP contribution < -0.4 is 5.32 Å². The zero-order valence-corrected chi connectivity index (χ0v) is 18.7. The minimum Gasteiger partial charge on any atom is -0.389 e. The number of aliphatic hydroxyl groups is 1. The Balaban J connectivity index is 1.55. The monoisotopic (exact) mass is 434 g/mol. The van der Waals surface area contributed by atoms with Crippen molar-refractivity contribution >= 4 is 16.9 Å². The highest BCUT2D eigenvalue weighted by Gasteiger charge is 2.20. The number of nitrogens with one attached hydrogen (secondary N) is 1. The molecule has 1 aromatic carbocycles. The number of rotatable bonds is 6. The summed E-state index contributed by atoms with van der Waals surface area (Å²) in [4.78, 5) is 4.67. The van der Waals surface area contributed by atoms with E-state index in [4.69, 9.17) is 14.6 Å². The van der Waals surface area contributed by atoms with Gasteiger partial charge in [-0.3, -0.25) is 0 Å². The summed E-state index contributed by atoms with van der Waals surface area (Å²) >= 11 is 0. The second kappa shape index (κ2) is 8.65. The Morgan fingerprint density at radius 1 is 1.16 bits per heavy atom. The predicted octanol–water partition coefficient (Wildman–Crippen LogP) is 4.58. The van der Waals surface area contributed by atoms with Crippen molar-refractivity contribution in [1.29, 1.82) is 0 Å². The number of imidazole rings is 1. The molecular formula is C25H30N4O3. The van der Waals surface area contributed by atoms with Crippen LogP contribution in [0.5, 0.6) is 0 Å². The highest BCUT2D eigenvalue weighted by atomic mass is 16.7. The van der Waals surface area contributed by atoms with E-state index in [1.165, 1.54) is 18.4 Å². The summed E-state index contributed by atoms with van der Waals surface area (Å²) in [7, 11) is 0. The van der Waals surface area contributed by atoms with Gasteiger partial charge in [0.15, 0.2) is 11.9 Å². The SMILES string of the molecule is CC(C)(O)CNc1cc(C2=CCCCC2)nn2c(-c3ccc(C4OCCO4)cc3)cnc12. The van der Waals surface area contributed by atoms with Gasteiger partial charge in [0.25, 0.3) is 0 Å². The van der Waals surface area contributed by atoms with Crippen molar-refractivity contribution in [2.45, 2.75) is 51.4 Å². The third kappa shape index (κ3) is 4.41. The summed E-state index contributed by atoms with van der Waals surface area (Å²) in [6.45, 7) is 5.26. The van der Waals surface area contributed by atoms with Gasteiger partial charge in [-0.2, -0.15) is 5.10 Å². The average Bonchev–Trinajstić information content (AvgIpc) is 3.48. The molecule has 7 nitrogen and oxygen atoms in total. The van der Waals surface area contributed by atoms with Crippen molar-refractivity contribution < 1.29 is 14.6 Å². The van der Waals surface area contributed by atoms with Crippen LogP contribution in [0, 0.1) is 0 Å². The van der Waals surface area contributed by atoms with Gasteiger partial charge in [-0.05, 0) is 51.2 Å². The standard InChI is InChI=1S/C25H30N4O3/c1-25(2,30)16-27-21-14-20(17-6-4-3-5-7-17)28-29-22(15-26-23(21)29)18-8-10-19(11-9-18)24-31-12-13-32-24/h6,8-11,14-15,24,27,30H,3-5,7,12-13,16H2,1-2H3. The molecule has 7 heteroatoms. The lowest BCUT2D eigenvalue weighted by Crippen LogP contribution is -2.29. The Morgan fingerprint density at radius 2 is 1.94 bits per heavy atom. The molecule has 1 fully saturated rings. The fourth-order valence-electron chi connectivity index (χ4n) is 4.20. The highest BCUT2D eigenvalue weighted by molar-refractivity contribution is 5.77.